The molecule has 0 aromatic carbocycles. The minimum atomic E-state index is -1.08. The number of likely N-dealkylation sites (tertiary alicyclic amines) is 1. The summed E-state index contributed by atoms with van der Waals surface area (Å²) in [4.78, 5) is 44.9. The second kappa shape index (κ2) is 31.9. The molecular weight excluding hydrogens is 693 g/mol. The van der Waals surface area contributed by atoms with E-state index < -0.39 is 31.3 Å². The van der Waals surface area contributed by atoms with Gasteiger partial charge in [0.15, 0.2) is 0 Å². The summed E-state index contributed by atoms with van der Waals surface area (Å²) in [5, 5.41) is 24.3. The SMILES string of the molecule is CC/C=C\C/C=C\C/C=C\C/C=C\C/C=C\C/C=C\CCC(=O)NCCC[C@H](NC(=O)C/C=C/c1ccc(CCN2CCCC2)nc1)C(=O)OC(CO)CO. The first-order chi connectivity index (χ1) is 26.9. The number of aliphatic hydroxyl groups excluding tert-OH is 2. The molecule has 1 aliphatic heterocycles. The summed E-state index contributed by atoms with van der Waals surface area (Å²) >= 11 is 0. The molecule has 302 valence electrons. The zero-order valence-corrected chi connectivity index (χ0v) is 33.0. The van der Waals surface area contributed by atoms with Crippen LogP contribution in [-0.2, 0) is 25.5 Å². The van der Waals surface area contributed by atoms with Gasteiger partial charge in [-0.2, -0.15) is 0 Å². The van der Waals surface area contributed by atoms with Crippen LogP contribution in [-0.4, -0.2) is 89.4 Å². The summed E-state index contributed by atoms with van der Waals surface area (Å²) < 4.78 is 5.18. The van der Waals surface area contributed by atoms with Crippen molar-refractivity contribution in [2.75, 3.05) is 39.4 Å². The lowest BCUT2D eigenvalue weighted by Gasteiger charge is -2.20. The third-order valence-electron chi connectivity index (χ3n) is 8.78. The van der Waals surface area contributed by atoms with Crippen LogP contribution in [0.15, 0.2) is 97.3 Å². The van der Waals surface area contributed by atoms with Crippen molar-refractivity contribution in [1.29, 1.82) is 0 Å². The molecule has 4 N–H and O–H groups in total. The number of nitrogens with zero attached hydrogens (tertiary/aromatic N) is 2. The number of hydrogen-bond donors (Lipinski definition) is 4. The molecular formula is C45H66N4O6. The van der Waals surface area contributed by atoms with Gasteiger partial charge in [0.1, 0.15) is 12.1 Å². The molecule has 1 aliphatic rings. The van der Waals surface area contributed by atoms with Gasteiger partial charge < -0.3 is 30.5 Å². The predicted molar refractivity (Wildman–Crippen MR) is 223 cm³/mol. The van der Waals surface area contributed by atoms with Crippen LogP contribution in [0.1, 0.15) is 102 Å². The summed E-state index contributed by atoms with van der Waals surface area (Å²) in [5.41, 5.74) is 1.91. The zero-order valence-electron chi connectivity index (χ0n) is 33.0. The van der Waals surface area contributed by atoms with Crippen LogP contribution in [0.4, 0.5) is 0 Å². The van der Waals surface area contributed by atoms with E-state index in [1.807, 2.05) is 30.4 Å². The minimum Gasteiger partial charge on any atom is -0.456 e. The standard InChI is InChI=1S/C45H66N4O6/c1-2-3-4-5-6-7-8-9-10-11-12-13-14-15-16-17-18-19-20-27-43(52)46-32-24-26-42(45(54)55-41(37-50)38-51)48-44(53)28-23-25-39-29-30-40(47-36-39)31-35-49-33-21-22-34-49/h3-4,6-7,9-10,12-13,15-16,18-19,23,25,29-30,36,41-42,50-51H,2,5,8,11,14,17,20-22,24,26-28,31-35,37-38H2,1H3,(H,46,52)(H,48,53)/b4-3-,7-6-,10-9-,13-12-,16-15-,19-18-,25-23+/t42-/m0/s1. The maximum Gasteiger partial charge on any atom is 0.329 e. The molecule has 2 rings (SSSR count). The fourth-order valence-corrected chi connectivity index (χ4v) is 5.62. The van der Waals surface area contributed by atoms with Crippen LogP contribution in [0.3, 0.4) is 0 Å². The molecule has 0 radical (unpaired) electrons. The average Bonchev–Trinajstić information content (AvgIpc) is 3.72. The van der Waals surface area contributed by atoms with Crippen molar-refractivity contribution in [3.63, 3.8) is 0 Å². The topological polar surface area (TPSA) is 141 Å². The van der Waals surface area contributed by atoms with Gasteiger partial charge in [-0.25, -0.2) is 4.79 Å². The number of pyridine rings is 1. The third-order valence-corrected chi connectivity index (χ3v) is 8.78. The predicted octanol–water partition coefficient (Wildman–Crippen LogP) is 6.88. The second-order valence-corrected chi connectivity index (χ2v) is 13.5. The quantitative estimate of drug-likeness (QED) is 0.0394. The van der Waals surface area contributed by atoms with E-state index in [1.54, 1.807) is 12.3 Å². The molecule has 0 saturated carbocycles. The normalized spacial score (nSPS) is 14.7. The Kier molecular flexibility index (Phi) is 27.1. The van der Waals surface area contributed by atoms with E-state index in [9.17, 15) is 24.6 Å². The Morgan fingerprint density at radius 3 is 1.98 bits per heavy atom. The summed E-state index contributed by atoms with van der Waals surface area (Å²) in [5.74, 6) is -1.22. The van der Waals surface area contributed by atoms with Crippen molar-refractivity contribution < 1.29 is 29.3 Å². The number of ether oxygens (including phenoxy) is 1. The van der Waals surface area contributed by atoms with E-state index in [1.165, 1.54) is 12.8 Å². The van der Waals surface area contributed by atoms with Crippen LogP contribution in [0.25, 0.3) is 6.08 Å². The van der Waals surface area contributed by atoms with Gasteiger partial charge >= 0.3 is 5.97 Å². The van der Waals surface area contributed by atoms with Crippen LogP contribution in [0.2, 0.25) is 0 Å². The number of amides is 2. The lowest BCUT2D eigenvalue weighted by molar-refractivity contribution is -0.157. The van der Waals surface area contributed by atoms with Gasteiger partial charge in [0.25, 0.3) is 0 Å². The van der Waals surface area contributed by atoms with Gasteiger partial charge in [-0.1, -0.05) is 98.1 Å². The maximum atomic E-state index is 12.8. The molecule has 55 heavy (non-hydrogen) atoms. The molecule has 1 aromatic heterocycles. The van der Waals surface area contributed by atoms with E-state index in [4.69, 9.17) is 4.74 Å². The number of allylic oxidation sites excluding steroid dienone is 12. The summed E-state index contributed by atoms with van der Waals surface area (Å²) in [6, 6.07) is 2.99. The highest BCUT2D eigenvalue weighted by Crippen LogP contribution is 2.10. The number of carbonyl (C=O) groups is 3. The number of carbonyl (C=O) groups excluding carboxylic acids is 3. The summed E-state index contributed by atoms with van der Waals surface area (Å²) in [6.45, 7) is 4.73. The molecule has 10 heteroatoms. The second-order valence-electron chi connectivity index (χ2n) is 13.5. The Morgan fingerprint density at radius 1 is 0.818 bits per heavy atom. The highest BCUT2D eigenvalue weighted by Gasteiger charge is 2.24. The van der Waals surface area contributed by atoms with Crippen molar-refractivity contribution in [3.8, 4) is 0 Å². The van der Waals surface area contributed by atoms with E-state index in [0.717, 1.165) is 75.8 Å². The average molecular weight is 759 g/mol. The Labute approximate surface area is 329 Å². The Hall–Kier alpha value is -4.38. The molecule has 0 bridgehead atoms. The highest BCUT2D eigenvalue weighted by atomic mass is 16.6. The third kappa shape index (κ3) is 24.6. The Bertz CT molecular complexity index is 1400. The summed E-state index contributed by atoms with van der Waals surface area (Å²) in [7, 11) is 0. The molecule has 1 atom stereocenters. The molecule has 10 nitrogen and oxygen atoms in total. The van der Waals surface area contributed by atoms with Gasteiger partial charge in [0, 0.05) is 44.2 Å². The molecule has 1 saturated heterocycles. The smallest absolute Gasteiger partial charge is 0.329 e. The maximum absolute atomic E-state index is 12.8. The first kappa shape index (κ1) is 46.8. The molecule has 1 fully saturated rings. The molecule has 2 heterocycles. The molecule has 1 aromatic rings. The van der Waals surface area contributed by atoms with Crippen molar-refractivity contribution in [2.45, 2.75) is 109 Å². The van der Waals surface area contributed by atoms with Gasteiger partial charge in [-0.15, -0.1) is 0 Å². The number of rotatable bonds is 29. The van der Waals surface area contributed by atoms with Crippen molar-refractivity contribution in [2.24, 2.45) is 0 Å². The molecule has 0 spiro atoms. The first-order valence-electron chi connectivity index (χ1n) is 20.2. The minimum absolute atomic E-state index is 0.0370. The van der Waals surface area contributed by atoms with Gasteiger partial charge in [0.05, 0.1) is 13.2 Å². The monoisotopic (exact) mass is 758 g/mol. The van der Waals surface area contributed by atoms with E-state index in [2.05, 4.69) is 88.2 Å². The van der Waals surface area contributed by atoms with E-state index in [-0.39, 0.29) is 24.7 Å². The highest BCUT2D eigenvalue weighted by molar-refractivity contribution is 5.85. The summed E-state index contributed by atoms with van der Waals surface area (Å²) in [6.07, 6.45) is 40.8. The number of esters is 1. The fourth-order valence-electron chi connectivity index (χ4n) is 5.62. The van der Waals surface area contributed by atoms with Crippen molar-refractivity contribution >= 4 is 23.9 Å². The van der Waals surface area contributed by atoms with Gasteiger partial charge in [0.2, 0.25) is 11.8 Å². The van der Waals surface area contributed by atoms with Crippen LogP contribution in [0.5, 0.6) is 0 Å². The number of aliphatic hydroxyl groups is 2. The zero-order chi connectivity index (χ0) is 39.6. The Morgan fingerprint density at radius 2 is 1.42 bits per heavy atom. The lowest BCUT2D eigenvalue weighted by atomic mass is 10.1. The van der Waals surface area contributed by atoms with Gasteiger partial charge in [-0.05, 0) is 95.3 Å². The number of hydrogen-bond acceptors (Lipinski definition) is 8. The van der Waals surface area contributed by atoms with Crippen molar-refractivity contribution in [1.82, 2.24) is 20.5 Å². The Balaban J connectivity index is 1.63. The van der Waals surface area contributed by atoms with Crippen LogP contribution in [0, 0.1) is 0 Å². The van der Waals surface area contributed by atoms with E-state index >= 15 is 0 Å². The van der Waals surface area contributed by atoms with Crippen LogP contribution >= 0.6 is 0 Å². The number of aromatic nitrogens is 1. The first-order valence-corrected chi connectivity index (χ1v) is 20.2. The fraction of sp³-hybridized carbons (Fsp3) is 0.511. The lowest BCUT2D eigenvalue weighted by Crippen LogP contribution is -2.44. The van der Waals surface area contributed by atoms with Crippen molar-refractivity contribution in [3.05, 3.63) is 109 Å². The largest absolute Gasteiger partial charge is 0.456 e. The number of nitrogens with one attached hydrogen (secondary N) is 2. The van der Waals surface area contributed by atoms with Crippen LogP contribution < -0.4 is 10.6 Å². The molecule has 0 aliphatic carbocycles. The molecule has 0 unspecified atom stereocenters. The molecule has 2 amide bonds. The van der Waals surface area contributed by atoms with Gasteiger partial charge in [-0.3, -0.25) is 14.6 Å². The van der Waals surface area contributed by atoms with E-state index in [0.29, 0.717) is 25.8 Å².